The third-order valence-corrected chi connectivity index (χ3v) is 3.37. The summed E-state index contributed by atoms with van der Waals surface area (Å²) in [6, 6.07) is -1.37. The van der Waals surface area contributed by atoms with Crippen LogP contribution in [-0.2, 0) is 14.3 Å². The largest absolute Gasteiger partial charge is 0.366 e. The van der Waals surface area contributed by atoms with E-state index in [9.17, 15) is 20.0 Å². The van der Waals surface area contributed by atoms with Gasteiger partial charge in [0, 0.05) is 11.3 Å². The van der Waals surface area contributed by atoms with Crippen molar-refractivity contribution in [2.24, 2.45) is 5.92 Å². The van der Waals surface area contributed by atoms with Gasteiger partial charge in [-0.15, -0.1) is 0 Å². The normalized spacial score (nSPS) is 49.9. The Hall–Kier alpha value is -1.25. The number of hydrogen-bond acceptors (Lipinski definition) is 6. The van der Waals surface area contributed by atoms with Crippen LogP contribution < -0.4 is 5.32 Å². The number of carbonyl (C=O) groups is 1. The highest BCUT2D eigenvalue weighted by Gasteiger charge is 2.63. The Labute approximate surface area is 89.7 Å². The van der Waals surface area contributed by atoms with Crippen LogP contribution >= 0.6 is 0 Å². The van der Waals surface area contributed by atoms with Gasteiger partial charge in [0.25, 0.3) is 11.9 Å². The van der Waals surface area contributed by atoms with E-state index in [0.717, 1.165) is 0 Å². The first-order chi connectivity index (χ1) is 7.51. The van der Waals surface area contributed by atoms with Crippen molar-refractivity contribution in [2.45, 2.75) is 30.6 Å². The van der Waals surface area contributed by atoms with Crippen LogP contribution in [0, 0.1) is 16.0 Å². The third-order valence-electron chi connectivity index (χ3n) is 3.37. The molecule has 0 aromatic rings. The van der Waals surface area contributed by atoms with Gasteiger partial charge >= 0.3 is 0 Å². The van der Waals surface area contributed by atoms with Crippen molar-refractivity contribution in [3.63, 3.8) is 0 Å². The number of piperidine rings is 1. The van der Waals surface area contributed by atoms with Crippen LogP contribution in [0.1, 0.15) is 6.42 Å². The predicted molar refractivity (Wildman–Crippen MR) is 46.6 cm³/mol. The minimum absolute atomic E-state index is 0.0969. The van der Waals surface area contributed by atoms with Crippen molar-refractivity contribution in [1.82, 2.24) is 5.32 Å². The summed E-state index contributed by atoms with van der Waals surface area (Å²) in [6.07, 6.45) is -1.29. The predicted octanol–water partition coefficient (Wildman–Crippen LogP) is -1.79. The molecule has 1 amide bonds. The monoisotopic (exact) mass is 230 g/mol. The number of rotatable bonds is 1. The van der Waals surface area contributed by atoms with Crippen LogP contribution in [0.15, 0.2) is 0 Å². The molecule has 2 N–H and O–H groups in total. The molecule has 8 nitrogen and oxygen atoms in total. The molecule has 0 saturated carbocycles. The summed E-state index contributed by atoms with van der Waals surface area (Å²) in [7, 11) is 0. The zero-order chi connectivity index (χ0) is 11.5. The second-order valence-corrected chi connectivity index (χ2v) is 4.35. The lowest BCUT2D eigenvalue weighted by atomic mass is 9.80. The first kappa shape index (κ1) is 9.94. The van der Waals surface area contributed by atoms with Crippen molar-refractivity contribution in [3.05, 3.63) is 10.1 Å². The number of nitrogens with one attached hydrogen (secondary N) is 1. The fourth-order valence-electron chi connectivity index (χ4n) is 2.64. The van der Waals surface area contributed by atoms with Crippen molar-refractivity contribution in [2.75, 3.05) is 6.61 Å². The third kappa shape index (κ3) is 1.11. The standard InChI is InChI=1S/C8H10N2O6/c11-6-5(10(13)14)3-1-8(12,9-6)7-15-2-4(3)16-7/h3-5,7,12H,1-2H2,(H,9,11)/t3-,4+,5+,7-,8+/m1/s1. The Morgan fingerprint density at radius 3 is 3.06 bits per heavy atom. The van der Waals surface area contributed by atoms with Crippen LogP contribution in [-0.4, -0.2) is 46.7 Å². The Bertz CT molecular complexity index is 374. The van der Waals surface area contributed by atoms with E-state index in [-0.39, 0.29) is 13.0 Å². The maximum absolute atomic E-state index is 11.5. The lowest BCUT2D eigenvalue weighted by Gasteiger charge is -2.44. The van der Waals surface area contributed by atoms with Gasteiger partial charge in [-0.2, -0.15) is 0 Å². The average Bonchev–Trinajstić information content (AvgIpc) is 2.60. The molecular formula is C8H10N2O6. The van der Waals surface area contributed by atoms with E-state index in [4.69, 9.17) is 9.47 Å². The molecular weight excluding hydrogens is 220 g/mol. The second-order valence-electron chi connectivity index (χ2n) is 4.35. The minimum atomic E-state index is -1.62. The molecule has 3 rings (SSSR count). The number of aliphatic hydroxyl groups is 1. The van der Waals surface area contributed by atoms with E-state index in [1.165, 1.54) is 0 Å². The number of ether oxygens (including phenoxy) is 2. The summed E-state index contributed by atoms with van der Waals surface area (Å²) in [6.45, 7) is 0.178. The second kappa shape index (κ2) is 2.90. The lowest BCUT2D eigenvalue weighted by molar-refractivity contribution is -0.526. The lowest BCUT2D eigenvalue weighted by Crippen LogP contribution is -2.70. The number of amides is 1. The summed E-state index contributed by atoms with van der Waals surface area (Å²) in [5.74, 6) is -1.40. The molecule has 3 fully saturated rings. The molecule has 0 radical (unpaired) electrons. The van der Waals surface area contributed by atoms with Crippen LogP contribution in [0.5, 0.6) is 0 Å². The van der Waals surface area contributed by atoms with Crippen molar-refractivity contribution >= 4 is 5.91 Å². The average molecular weight is 230 g/mol. The highest BCUT2D eigenvalue weighted by molar-refractivity contribution is 5.82. The molecule has 0 aliphatic carbocycles. The van der Waals surface area contributed by atoms with Crippen LogP contribution in [0.2, 0.25) is 0 Å². The van der Waals surface area contributed by atoms with E-state index in [2.05, 4.69) is 5.32 Å². The fraction of sp³-hybridized carbons (Fsp3) is 0.875. The Morgan fingerprint density at radius 2 is 2.38 bits per heavy atom. The summed E-state index contributed by atoms with van der Waals surface area (Å²) >= 11 is 0. The Balaban J connectivity index is 1.99. The van der Waals surface area contributed by atoms with Crippen LogP contribution in [0.25, 0.3) is 0 Å². The van der Waals surface area contributed by atoms with Crippen molar-refractivity contribution in [1.29, 1.82) is 0 Å². The first-order valence-electron chi connectivity index (χ1n) is 4.96. The maximum atomic E-state index is 11.5. The summed E-state index contributed by atoms with van der Waals surface area (Å²) < 4.78 is 10.5. The van der Waals surface area contributed by atoms with Gasteiger partial charge in [-0.3, -0.25) is 14.9 Å². The molecule has 3 saturated heterocycles. The minimum Gasteiger partial charge on any atom is -0.366 e. The first-order valence-corrected chi connectivity index (χ1v) is 4.96. The SMILES string of the molecule is O=C1N[C@]2(O)C[C@H]([C@@H]3CO[C@@H]2O3)[C@@H]1[N+](=O)[O-]. The molecule has 16 heavy (non-hydrogen) atoms. The van der Waals surface area contributed by atoms with E-state index in [0.29, 0.717) is 0 Å². The smallest absolute Gasteiger partial charge is 0.297 e. The van der Waals surface area contributed by atoms with Crippen LogP contribution in [0.4, 0.5) is 0 Å². The van der Waals surface area contributed by atoms with Gasteiger partial charge in [-0.1, -0.05) is 0 Å². The van der Waals surface area contributed by atoms with Gasteiger partial charge in [-0.05, 0) is 0 Å². The Morgan fingerprint density at radius 1 is 1.62 bits per heavy atom. The van der Waals surface area contributed by atoms with Gasteiger partial charge in [0.1, 0.15) is 0 Å². The zero-order valence-electron chi connectivity index (χ0n) is 8.16. The number of nitrogens with zero attached hydrogens (tertiary/aromatic N) is 1. The molecule has 0 aromatic heterocycles. The summed E-state index contributed by atoms with van der Waals surface area (Å²) in [4.78, 5) is 21.7. The summed E-state index contributed by atoms with van der Waals surface area (Å²) in [5, 5.41) is 23.1. The van der Waals surface area contributed by atoms with Gasteiger partial charge in [0.2, 0.25) is 6.29 Å². The molecule has 4 bridgehead atoms. The number of hydrogen-bond donors (Lipinski definition) is 2. The molecule has 88 valence electrons. The molecule has 0 unspecified atom stereocenters. The maximum Gasteiger partial charge on any atom is 0.297 e. The molecule has 0 spiro atoms. The van der Waals surface area contributed by atoms with E-state index >= 15 is 0 Å². The number of fused-ring (bicyclic) bond motifs is 6. The molecule has 8 heteroatoms. The molecule has 0 aromatic carbocycles. The highest BCUT2D eigenvalue weighted by atomic mass is 16.7. The topological polar surface area (TPSA) is 111 Å². The quantitative estimate of drug-likeness (QED) is 0.406. The molecule has 3 aliphatic rings. The van der Waals surface area contributed by atoms with Gasteiger partial charge in [-0.25, -0.2) is 0 Å². The van der Waals surface area contributed by atoms with Crippen molar-refractivity contribution in [3.8, 4) is 0 Å². The van der Waals surface area contributed by atoms with Crippen molar-refractivity contribution < 1.29 is 24.3 Å². The fourth-order valence-corrected chi connectivity index (χ4v) is 2.64. The number of nitro groups is 1. The van der Waals surface area contributed by atoms with Crippen LogP contribution in [0.3, 0.4) is 0 Å². The Kier molecular flexibility index (Phi) is 1.80. The van der Waals surface area contributed by atoms with Gasteiger partial charge in [0.15, 0.2) is 5.72 Å². The molecule has 3 heterocycles. The summed E-state index contributed by atoms with van der Waals surface area (Å²) in [5.41, 5.74) is -1.62. The van der Waals surface area contributed by atoms with E-state index < -0.39 is 40.9 Å². The van der Waals surface area contributed by atoms with E-state index in [1.807, 2.05) is 0 Å². The van der Waals surface area contributed by atoms with Gasteiger partial charge in [0.05, 0.1) is 18.6 Å². The van der Waals surface area contributed by atoms with Gasteiger partial charge < -0.3 is 19.9 Å². The van der Waals surface area contributed by atoms with E-state index in [1.54, 1.807) is 0 Å². The molecule has 3 aliphatic heterocycles. The highest BCUT2D eigenvalue weighted by Crippen LogP contribution is 2.42. The molecule has 5 atom stereocenters. The zero-order valence-corrected chi connectivity index (χ0v) is 8.16. The number of carbonyl (C=O) groups excluding carboxylic acids is 1.